The number of carbonyl (C=O) groups excluding carboxylic acids is 1. The number of carbonyl (C=O) groups is 1. The van der Waals surface area contributed by atoms with Gasteiger partial charge in [-0.25, -0.2) is 4.98 Å². The van der Waals surface area contributed by atoms with Gasteiger partial charge in [0, 0.05) is 6.08 Å². The first kappa shape index (κ1) is 23.8. The number of fused-ring (bicyclic) bond motifs is 1. The summed E-state index contributed by atoms with van der Waals surface area (Å²) < 4.78 is 12.3. The second-order valence-electron chi connectivity index (χ2n) is 7.84. The average Bonchev–Trinajstić information content (AvgIpc) is 3.21. The Morgan fingerprint density at radius 2 is 2.00 bits per heavy atom. The van der Waals surface area contributed by atoms with E-state index in [0.717, 1.165) is 47.2 Å². The van der Waals surface area contributed by atoms with Crippen LogP contribution < -0.4 is 14.8 Å². The zero-order valence-electron chi connectivity index (χ0n) is 19.3. The Kier molecular flexibility index (Phi) is 8.68. The number of methoxy groups -OCH3 is 1. The summed E-state index contributed by atoms with van der Waals surface area (Å²) in [6.45, 7) is 7.24. The number of unbranched alkanes of at least 4 members (excludes halogenated alkanes) is 2. The van der Waals surface area contributed by atoms with E-state index in [1.165, 1.54) is 23.0 Å². The third-order valence-electron chi connectivity index (χ3n) is 5.44. The first-order chi connectivity index (χ1) is 15.5. The Bertz CT molecular complexity index is 1070. The maximum absolute atomic E-state index is 12.4. The summed E-state index contributed by atoms with van der Waals surface area (Å²) in [4.78, 5) is 17.0. The standard InChI is InChI=1S/C26H32N2O3S/c1-5-7-8-15-31-22-13-9-19(16-23(22)30-4)10-14-25(29)28-26-27-21-12-11-20(18(3)6-2)17-24(21)32-26/h9-14,16-18H,5-8,15H2,1-4H3,(H,27,28,29)/b14-10+. The molecule has 1 atom stereocenters. The van der Waals surface area contributed by atoms with Crippen LogP contribution in [0.1, 0.15) is 63.5 Å². The Morgan fingerprint density at radius 1 is 1.16 bits per heavy atom. The molecule has 0 aliphatic heterocycles. The zero-order chi connectivity index (χ0) is 22.9. The smallest absolute Gasteiger partial charge is 0.250 e. The van der Waals surface area contributed by atoms with Gasteiger partial charge < -0.3 is 9.47 Å². The third-order valence-corrected chi connectivity index (χ3v) is 6.38. The van der Waals surface area contributed by atoms with Gasteiger partial charge in [-0.3, -0.25) is 10.1 Å². The van der Waals surface area contributed by atoms with E-state index in [0.29, 0.717) is 23.4 Å². The fraction of sp³-hybridized carbons (Fsp3) is 0.385. The van der Waals surface area contributed by atoms with Crippen LogP contribution in [0.2, 0.25) is 0 Å². The van der Waals surface area contributed by atoms with E-state index in [2.05, 4.69) is 43.2 Å². The van der Waals surface area contributed by atoms with Crippen molar-refractivity contribution in [3.05, 3.63) is 53.6 Å². The van der Waals surface area contributed by atoms with Gasteiger partial charge in [0.2, 0.25) is 5.91 Å². The Labute approximate surface area is 194 Å². The number of nitrogens with one attached hydrogen (secondary N) is 1. The van der Waals surface area contributed by atoms with Gasteiger partial charge in [-0.15, -0.1) is 0 Å². The van der Waals surface area contributed by atoms with Crippen molar-refractivity contribution in [2.45, 2.75) is 52.4 Å². The van der Waals surface area contributed by atoms with Crippen molar-refractivity contribution in [2.75, 3.05) is 19.0 Å². The van der Waals surface area contributed by atoms with E-state index < -0.39 is 0 Å². The van der Waals surface area contributed by atoms with E-state index in [9.17, 15) is 4.79 Å². The lowest BCUT2D eigenvalue weighted by molar-refractivity contribution is -0.111. The molecule has 6 heteroatoms. The molecular weight excluding hydrogens is 420 g/mol. The minimum absolute atomic E-state index is 0.218. The van der Waals surface area contributed by atoms with Gasteiger partial charge in [0.25, 0.3) is 0 Å². The number of anilines is 1. The van der Waals surface area contributed by atoms with Gasteiger partial charge in [0.1, 0.15) is 0 Å². The fourth-order valence-corrected chi connectivity index (χ4v) is 4.21. The quantitative estimate of drug-likeness (QED) is 0.250. The maximum atomic E-state index is 12.4. The first-order valence-corrected chi connectivity index (χ1v) is 12.1. The highest BCUT2D eigenvalue weighted by Crippen LogP contribution is 2.31. The first-order valence-electron chi connectivity index (χ1n) is 11.2. The molecule has 3 aromatic rings. The summed E-state index contributed by atoms with van der Waals surface area (Å²) in [5.41, 5.74) is 3.06. The van der Waals surface area contributed by atoms with Crippen LogP contribution in [0.4, 0.5) is 5.13 Å². The summed E-state index contributed by atoms with van der Waals surface area (Å²) in [7, 11) is 1.62. The van der Waals surface area contributed by atoms with Crippen LogP contribution in [-0.2, 0) is 4.79 Å². The zero-order valence-corrected chi connectivity index (χ0v) is 20.1. The number of nitrogens with zero attached hydrogens (tertiary/aromatic N) is 1. The fourth-order valence-electron chi connectivity index (χ4n) is 3.30. The molecule has 1 N–H and O–H groups in total. The maximum Gasteiger partial charge on any atom is 0.250 e. The molecule has 0 aliphatic carbocycles. The van der Waals surface area contributed by atoms with Crippen LogP contribution in [0, 0.1) is 0 Å². The minimum atomic E-state index is -0.218. The molecular formula is C26H32N2O3S. The molecule has 5 nitrogen and oxygen atoms in total. The summed E-state index contributed by atoms with van der Waals surface area (Å²) in [5, 5.41) is 3.47. The molecule has 1 amide bonds. The van der Waals surface area contributed by atoms with Crippen LogP contribution in [0.15, 0.2) is 42.5 Å². The lowest BCUT2D eigenvalue weighted by atomic mass is 9.99. The van der Waals surface area contributed by atoms with Crippen molar-refractivity contribution < 1.29 is 14.3 Å². The van der Waals surface area contributed by atoms with Gasteiger partial charge >= 0.3 is 0 Å². The van der Waals surface area contributed by atoms with Gasteiger partial charge in [0.15, 0.2) is 16.6 Å². The number of hydrogen-bond donors (Lipinski definition) is 1. The summed E-state index contributed by atoms with van der Waals surface area (Å²) in [5.74, 6) is 1.67. The lowest BCUT2D eigenvalue weighted by Crippen LogP contribution is -2.07. The van der Waals surface area contributed by atoms with Crippen molar-refractivity contribution in [3.63, 3.8) is 0 Å². The van der Waals surface area contributed by atoms with Crippen molar-refractivity contribution in [1.29, 1.82) is 0 Å². The number of hydrogen-bond acceptors (Lipinski definition) is 5. The second kappa shape index (κ2) is 11.7. The topological polar surface area (TPSA) is 60.5 Å². The molecule has 0 saturated heterocycles. The van der Waals surface area contributed by atoms with Crippen molar-refractivity contribution in [1.82, 2.24) is 4.98 Å². The molecule has 32 heavy (non-hydrogen) atoms. The highest BCUT2D eigenvalue weighted by Gasteiger charge is 2.10. The Balaban J connectivity index is 1.63. The molecule has 1 aromatic heterocycles. The molecule has 0 spiro atoms. The summed E-state index contributed by atoms with van der Waals surface area (Å²) >= 11 is 1.49. The average molecular weight is 453 g/mol. The molecule has 0 fully saturated rings. The summed E-state index contributed by atoms with van der Waals surface area (Å²) in [6.07, 6.45) is 7.68. The number of rotatable bonds is 11. The molecule has 2 aromatic carbocycles. The Hall–Kier alpha value is -2.86. The van der Waals surface area contributed by atoms with Crippen LogP contribution >= 0.6 is 11.3 Å². The predicted molar refractivity (Wildman–Crippen MR) is 134 cm³/mol. The third kappa shape index (κ3) is 6.33. The van der Waals surface area contributed by atoms with E-state index >= 15 is 0 Å². The molecule has 0 aliphatic rings. The molecule has 170 valence electrons. The van der Waals surface area contributed by atoms with Gasteiger partial charge in [0.05, 0.1) is 23.9 Å². The van der Waals surface area contributed by atoms with Crippen molar-refractivity contribution in [3.8, 4) is 11.5 Å². The van der Waals surface area contributed by atoms with Gasteiger partial charge in [-0.1, -0.05) is 57.1 Å². The van der Waals surface area contributed by atoms with E-state index in [1.807, 2.05) is 24.3 Å². The SMILES string of the molecule is CCCCCOc1ccc(/C=C/C(=O)Nc2nc3ccc(C(C)CC)cc3s2)cc1OC. The highest BCUT2D eigenvalue weighted by molar-refractivity contribution is 7.22. The van der Waals surface area contributed by atoms with E-state index in [1.54, 1.807) is 13.2 Å². The number of benzene rings is 2. The number of aromatic nitrogens is 1. The largest absolute Gasteiger partial charge is 0.493 e. The summed E-state index contributed by atoms with van der Waals surface area (Å²) in [6, 6.07) is 12.0. The molecule has 0 radical (unpaired) electrons. The molecule has 1 unspecified atom stereocenters. The number of thiazole rings is 1. The Morgan fingerprint density at radius 3 is 2.75 bits per heavy atom. The van der Waals surface area contributed by atoms with Gasteiger partial charge in [-0.05, 0) is 60.2 Å². The van der Waals surface area contributed by atoms with Crippen LogP contribution in [-0.4, -0.2) is 24.6 Å². The van der Waals surface area contributed by atoms with Crippen molar-refractivity contribution in [2.24, 2.45) is 0 Å². The van der Waals surface area contributed by atoms with E-state index in [4.69, 9.17) is 9.47 Å². The minimum Gasteiger partial charge on any atom is -0.493 e. The van der Waals surface area contributed by atoms with Crippen LogP contribution in [0.3, 0.4) is 0 Å². The van der Waals surface area contributed by atoms with E-state index in [-0.39, 0.29) is 5.91 Å². The number of amides is 1. The molecule has 0 saturated carbocycles. The lowest BCUT2D eigenvalue weighted by Gasteiger charge is -2.11. The molecule has 0 bridgehead atoms. The van der Waals surface area contributed by atoms with Gasteiger partial charge in [-0.2, -0.15) is 0 Å². The number of ether oxygens (including phenoxy) is 2. The monoisotopic (exact) mass is 452 g/mol. The molecule has 1 heterocycles. The second-order valence-corrected chi connectivity index (χ2v) is 8.87. The predicted octanol–water partition coefficient (Wildman–Crippen LogP) is 7.04. The van der Waals surface area contributed by atoms with Crippen LogP contribution in [0.5, 0.6) is 11.5 Å². The van der Waals surface area contributed by atoms with Crippen molar-refractivity contribution >= 4 is 38.7 Å². The normalized spacial score (nSPS) is 12.2. The molecule has 3 rings (SSSR count). The van der Waals surface area contributed by atoms with Crippen LogP contribution in [0.25, 0.3) is 16.3 Å². The highest BCUT2D eigenvalue weighted by atomic mass is 32.1.